The second-order valence-corrected chi connectivity index (χ2v) is 6.06. The highest BCUT2D eigenvalue weighted by molar-refractivity contribution is 5.02. The topological polar surface area (TPSA) is 12.0 Å². The van der Waals surface area contributed by atoms with Crippen molar-refractivity contribution in [1.29, 1.82) is 0 Å². The third-order valence-electron chi connectivity index (χ3n) is 3.47. The molecule has 0 radical (unpaired) electrons. The van der Waals surface area contributed by atoms with Crippen LogP contribution in [0.5, 0.6) is 0 Å². The van der Waals surface area contributed by atoms with E-state index in [1.165, 1.54) is 0 Å². The molecule has 0 aromatic rings. The lowest BCUT2D eigenvalue weighted by molar-refractivity contribution is -0.377. The van der Waals surface area contributed by atoms with E-state index in [1.807, 2.05) is 0 Å². The fourth-order valence-corrected chi connectivity index (χ4v) is 1.72. The molecule has 0 bridgehead atoms. The molecule has 19 heteroatoms. The van der Waals surface area contributed by atoms with Gasteiger partial charge in [0.05, 0.1) is 0 Å². The number of rotatable bonds is 10. The van der Waals surface area contributed by atoms with Crippen LogP contribution in [0.3, 0.4) is 0 Å². The Labute approximate surface area is 159 Å². The molecule has 0 heterocycles. The molecule has 0 aromatic heterocycles. The molecule has 0 unspecified atom stereocenters. The molecule has 0 amide bonds. The van der Waals surface area contributed by atoms with Gasteiger partial charge in [0.25, 0.3) is 0 Å². The summed E-state index contributed by atoms with van der Waals surface area (Å²) in [7, 11) is 0. The molecule has 0 spiro atoms. The lowest BCUT2D eigenvalue weighted by Gasteiger charge is -2.38. The largest absolute Gasteiger partial charge is 0.389 e. The van der Waals surface area contributed by atoms with Crippen LogP contribution in [-0.4, -0.2) is 48.1 Å². The number of hydrogen-bond acceptors (Lipinski definition) is 1. The van der Waals surface area contributed by atoms with Crippen LogP contribution in [0.1, 0.15) is 25.7 Å². The lowest BCUT2D eigenvalue weighted by Crippen LogP contribution is -2.70. The zero-order chi connectivity index (χ0) is 25.5. The Morgan fingerprint density at radius 1 is 0.355 bits per heavy atom. The van der Waals surface area contributed by atoms with Gasteiger partial charge in [-0.25, -0.2) is 0 Å². The summed E-state index contributed by atoms with van der Waals surface area (Å²) in [5.41, 5.74) is 0. The first-order valence-electron chi connectivity index (χ1n) is 7.32. The van der Waals surface area contributed by atoms with Crippen molar-refractivity contribution in [3.63, 3.8) is 0 Å². The second kappa shape index (κ2) is 8.24. The van der Waals surface area contributed by atoms with Crippen LogP contribution in [0.4, 0.5) is 79.0 Å². The minimum Gasteiger partial charge on any atom is -0.200 e. The quantitative estimate of drug-likeness (QED) is 0.248. The summed E-state index contributed by atoms with van der Waals surface area (Å²) in [5.74, 6) is -27.5. The predicted octanol–water partition coefficient (Wildman–Crippen LogP) is 6.99. The molecule has 0 rings (SSSR count). The van der Waals surface area contributed by atoms with Crippen molar-refractivity contribution in [2.45, 2.75) is 73.8 Å². The molecule has 0 saturated heterocycles. The molecule has 0 fully saturated rings. The summed E-state index contributed by atoms with van der Waals surface area (Å²) < 4.78 is 229. The molecule has 31 heavy (non-hydrogen) atoms. The molecule has 0 aliphatic rings. The number of alkyl halides is 18. The average Bonchev–Trinajstić information content (AvgIpc) is 2.48. The van der Waals surface area contributed by atoms with E-state index in [0.29, 0.717) is 0 Å². The van der Waals surface area contributed by atoms with Crippen LogP contribution >= 0.6 is 0 Å². The average molecular weight is 509 g/mol. The van der Waals surface area contributed by atoms with E-state index in [-0.39, 0.29) is 0 Å². The van der Waals surface area contributed by atoms with Gasteiger partial charge in [0.1, 0.15) is 0 Å². The number of nitrogens with one attached hydrogen (secondary N) is 1. The van der Waals surface area contributed by atoms with Crippen molar-refractivity contribution in [1.82, 2.24) is 5.32 Å². The van der Waals surface area contributed by atoms with Gasteiger partial charge in [-0.1, -0.05) is 0 Å². The third-order valence-corrected chi connectivity index (χ3v) is 3.47. The standard InChI is InChI=1S/C12H9F18N/c13-5(14,1-3-7(17,18)19)9(23,24)11(27,28)31-12(29,30)10(25,26)6(15,16)2-4-8(20,21)22/h31H,1-4H2. The third kappa shape index (κ3) is 6.84. The fraction of sp³-hybridized carbons (Fsp3) is 1.00. The molecule has 0 saturated carbocycles. The second-order valence-electron chi connectivity index (χ2n) is 6.06. The van der Waals surface area contributed by atoms with E-state index in [4.69, 9.17) is 0 Å². The summed E-state index contributed by atoms with van der Waals surface area (Å²) in [4.78, 5) is 0. The minimum atomic E-state index is -7.27. The zero-order valence-electron chi connectivity index (χ0n) is 14.1. The van der Waals surface area contributed by atoms with Gasteiger partial charge in [0.2, 0.25) is 0 Å². The van der Waals surface area contributed by atoms with Crippen molar-refractivity contribution in [3.8, 4) is 0 Å². The van der Waals surface area contributed by atoms with E-state index in [9.17, 15) is 79.0 Å². The van der Waals surface area contributed by atoms with Crippen LogP contribution in [0.25, 0.3) is 0 Å². The first-order chi connectivity index (χ1) is 13.1. The van der Waals surface area contributed by atoms with Crippen molar-refractivity contribution in [3.05, 3.63) is 0 Å². The van der Waals surface area contributed by atoms with E-state index in [0.717, 1.165) is 0 Å². The zero-order valence-corrected chi connectivity index (χ0v) is 14.1. The summed E-state index contributed by atoms with van der Waals surface area (Å²) in [6.45, 7) is 0. The van der Waals surface area contributed by atoms with Gasteiger partial charge < -0.3 is 0 Å². The highest BCUT2D eigenvalue weighted by Gasteiger charge is 2.79. The van der Waals surface area contributed by atoms with E-state index in [2.05, 4.69) is 0 Å². The van der Waals surface area contributed by atoms with Gasteiger partial charge in [-0.3, -0.25) is 0 Å². The Bertz CT molecular complexity index is 548. The van der Waals surface area contributed by atoms with Crippen LogP contribution in [0, 0.1) is 0 Å². The summed E-state index contributed by atoms with van der Waals surface area (Å²) >= 11 is 0. The summed E-state index contributed by atoms with van der Waals surface area (Å²) in [5, 5.41) is -1.47. The Balaban J connectivity index is 5.83. The first-order valence-corrected chi connectivity index (χ1v) is 7.32. The van der Waals surface area contributed by atoms with Gasteiger partial charge >= 0.3 is 48.1 Å². The molecular formula is C12H9F18N. The molecule has 0 aliphatic carbocycles. The van der Waals surface area contributed by atoms with Crippen LogP contribution < -0.4 is 5.32 Å². The van der Waals surface area contributed by atoms with Gasteiger partial charge in [-0.05, 0) is 0 Å². The highest BCUT2D eigenvalue weighted by atomic mass is 19.4. The van der Waals surface area contributed by atoms with Gasteiger partial charge in [0.15, 0.2) is 0 Å². The van der Waals surface area contributed by atoms with Crippen molar-refractivity contribution < 1.29 is 79.0 Å². The summed E-state index contributed by atoms with van der Waals surface area (Å²) in [6.07, 6.45) is -23.3. The highest BCUT2D eigenvalue weighted by Crippen LogP contribution is 2.52. The molecule has 0 atom stereocenters. The van der Waals surface area contributed by atoms with Crippen molar-refractivity contribution >= 4 is 0 Å². The van der Waals surface area contributed by atoms with Gasteiger partial charge in [-0.15, -0.1) is 0 Å². The van der Waals surface area contributed by atoms with E-state index < -0.39 is 79.1 Å². The van der Waals surface area contributed by atoms with Crippen LogP contribution in [0.2, 0.25) is 0 Å². The molecule has 0 aliphatic heterocycles. The summed E-state index contributed by atoms with van der Waals surface area (Å²) in [6, 6.07) is -14.5. The van der Waals surface area contributed by atoms with Gasteiger partial charge in [0, 0.05) is 25.7 Å². The Hall–Kier alpha value is -1.30. The fourth-order valence-electron chi connectivity index (χ4n) is 1.72. The Morgan fingerprint density at radius 3 is 0.774 bits per heavy atom. The molecule has 188 valence electrons. The van der Waals surface area contributed by atoms with Crippen LogP contribution in [0.15, 0.2) is 0 Å². The smallest absolute Gasteiger partial charge is 0.200 e. The van der Waals surface area contributed by atoms with Crippen molar-refractivity contribution in [2.24, 2.45) is 0 Å². The molecule has 1 N–H and O–H groups in total. The van der Waals surface area contributed by atoms with Crippen LogP contribution in [-0.2, 0) is 0 Å². The predicted molar refractivity (Wildman–Crippen MR) is 63.4 cm³/mol. The molecule has 0 aromatic carbocycles. The van der Waals surface area contributed by atoms with E-state index >= 15 is 0 Å². The first kappa shape index (κ1) is 29.7. The maximum atomic E-state index is 13.2. The SMILES string of the molecule is FC(F)(F)CCC(F)(F)C(F)(F)C(F)(F)NC(F)(F)C(F)(F)C(F)(F)CCC(F)(F)F. The number of halogens is 18. The minimum absolute atomic E-state index is 1.47. The number of hydrogen-bond donors (Lipinski definition) is 1. The maximum absolute atomic E-state index is 13.2. The Kier molecular flexibility index (Phi) is 7.89. The molecule has 1 nitrogen and oxygen atoms in total. The Morgan fingerprint density at radius 2 is 0.581 bits per heavy atom. The van der Waals surface area contributed by atoms with Gasteiger partial charge in [-0.2, -0.15) is 84.3 Å². The molecular weight excluding hydrogens is 500 g/mol. The normalized spacial score (nSPS) is 16.1. The van der Waals surface area contributed by atoms with Crippen molar-refractivity contribution in [2.75, 3.05) is 0 Å². The maximum Gasteiger partial charge on any atom is 0.389 e. The van der Waals surface area contributed by atoms with E-state index in [1.54, 1.807) is 0 Å². The monoisotopic (exact) mass is 509 g/mol. The lowest BCUT2D eigenvalue weighted by atomic mass is 10.0.